The molecule has 28 heavy (non-hydrogen) atoms. The van der Waals surface area contributed by atoms with Gasteiger partial charge in [-0.15, -0.1) is 0 Å². The second-order valence-electron chi connectivity index (χ2n) is 6.61. The second kappa shape index (κ2) is 8.39. The molecule has 1 heterocycles. The SMILES string of the molecule is Cc1onc(-c2ccccc2)c1C(=O)Nc1ccc(NC(=O)NC(C)C)cc1. The van der Waals surface area contributed by atoms with Gasteiger partial charge in [0, 0.05) is 23.0 Å². The molecule has 0 spiro atoms. The molecule has 3 aromatic rings. The molecule has 0 aliphatic carbocycles. The van der Waals surface area contributed by atoms with E-state index in [9.17, 15) is 9.59 Å². The minimum Gasteiger partial charge on any atom is -0.360 e. The normalized spacial score (nSPS) is 10.6. The van der Waals surface area contributed by atoms with Crippen LogP contribution < -0.4 is 16.0 Å². The van der Waals surface area contributed by atoms with Gasteiger partial charge in [-0.2, -0.15) is 0 Å². The van der Waals surface area contributed by atoms with Gasteiger partial charge in [-0.05, 0) is 45.0 Å². The van der Waals surface area contributed by atoms with Gasteiger partial charge in [0.15, 0.2) is 0 Å². The third-order valence-corrected chi connectivity index (χ3v) is 3.96. The zero-order valence-electron chi connectivity index (χ0n) is 15.9. The molecule has 0 saturated carbocycles. The number of benzene rings is 2. The lowest BCUT2D eigenvalue weighted by molar-refractivity contribution is 0.102. The third-order valence-electron chi connectivity index (χ3n) is 3.96. The van der Waals surface area contributed by atoms with Crippen molar-refractivity contribution in [3.63, 3.8) is 0 Å². The van der Waals surface area contributed by atoms with Gasteiger partial charge in [0.25, 0.3) is 5.91 Å². The summed E-state index contributed by atoms with van der Waals surface area (Å²) in [5, 5.41) is 12.4. The first-order valence-corrected chi connectivity index (χ1v) is 8.94. The van der Waals surface area contributed by atoms with Crippen LogP contribution in [0.1, 0.15) is 30.0 Å². The van der Waals surface area contributed by atoms with Crippen LogP contribution in [0, 0.1) is 6.92 Å². The first kappa shape index (κ1) is 19.2. The smallest absolute Gasteiger partial charge is 0.319 e. The summed E-state index contributed by atoms with van der Waals surface area (Å²) < 4.78 is 5.24. The Balaban J connectivity index is 1.72. The van der Waals surface area contributed by atoms with Crippen LogP contribution in [0.5, 0.6) is 0 Å². The maximum atomic E-state index is 12.8. The summed E-state index contributed by atoms with van der Waals surface area (Å²) in [6.45, 7) is 5.47. The van der Waals surface area contributed by atoms with E-state index < -0.39 is 0 Å². The van der Waals surface area contributed by atoms with E-state index in [2.05, 4.69) is 21.1 Å². The van der Waals surface area contributed by atoms with Crippen molar-refractivity contribution >= 4 is 23.3 Å². The van der Waals surface area contributed by atoms with Gasteiger partial charge in [-0.1, -0.05) is 35.5 Å². The first-order valence-electron chi connectivity index (χ1n) is 8.94. The summed E-state index contributed by atoms with van der Waals surface area (Å²) in [6.07, 6.45) is 0. The van der Waals surface area contributed by atoms with Gasteiger partial charge in [-0.25, -0.2) is 4.79 Å². The Labute approximate surface area is 163 Å². The Hall–Kier alpha value is -3.61. The second-order valence-corrected chi connectivity index (χ2v) is 6.61. The highest BCUT2D eigenvalue weighted by Crippen LogP contribution is 2.26. The Bertz CT molecular complexity index is 963. The Morgan fingerprint density at radius 1 is 0.929 bits per heavy atom. The minimum atomic E-state index is -0.309. The van der Waals surface area contributed by atoms with Gasteiger partial charge < -0.3 is 20.5 Å². The van der Waals surface area contributed by atoms with Crippen molar-refractivity contribution in [3.05, 3.63) is 65.9 Å². The van der Waals surface area contributed by atoms with Crippen LogP contribution in [-0.4, -0.2) is 23.1 Å². The van der Waals surface area contributed by atoms with Crippen LogP contribution in [-0.2, 0) is 0 Å². The number of aromatic nitrogens is 1. The molecule has 0 saturated heterocycles. The first-order chi connectivity index (χ1) is 13.4. The zero-order valence-corrected chi connectivity index (χ0v) is 15.9. The number of urea groups is 1. The van der Waals surface area contributed by atoms with Gasteiger partial charge in [0.1, 0.15) is 17.0 Å². The molecule has 0 radical (unpaired) electrons. The lowest BCUT2D eigenvalue weighted by atomic mass is 10.1. The van der Waals surface area contributed by atoms with Crippen molar-refractivity contribution in [1.82, 2.24) is 10.5 Å². The molecule has 0 unspecified atom stereocenters. The molecule has 144 valence electrons. The average molecular weight is 378 g/mol. The molecule has 0 fully saturated rings. The van der Waals surface area contributed by atoms with Gasteiger partial charge in [-0.3, -0.25) is 4.79 Å². The van der Waals surface area contributed by atoms with Crippen molar-refractivity contribution in [1.29, 1.82) is 0 Å². The van der Waals surface area contributed by atoms with Crippen molar-refractivity contribution in [3.8, 4) is 11.3 Å². The molecule has 0 atom stereocenters. The van der Waals surface area contributed by atoms with E-state index in [0.29, 0.717) is 28.4 Å². The summed E-state index contributed by atoms with van der Waals surface area (Å²) >= 11 is 0. The number of anilines is 2. The van der Waals surface area contributed by atoms with E-state index in [-0.39, 0.29) is 18.0 Å². The van der Waals surface area contributed by atoms with Crippen LogP contribution in [0.3, 0.4) is 0 Å². The number of carbonyl (C=O) groups excluding carboxylic acids is 2. The Morgan fingerprint density at radius 3 is 2.14 bits per heavy atom. The number of hydrogen-bond acceptors (Lipinski definition) is 4. The number of hydrogen-bond donors (Lipinski definition) is 3. The molecule has 0 aliphatic heterocycles. The Kier molecular flexibility index (Phi) is 5.74. The number of carbonyl (C=O) groups is 2. The third kappa shape index (κ3) is 4.56. The maximum absolute atomic E-state index is 12.8. The fraction of sp³-hybridized carbons (Fsp3) is 0.190. The maximum Gasteiger partial charge on any atom is 0.319 e. The summed E-state index contributed by atoms with van der Waals surface area (Å²) in [5.41, 5.74) is 2.92. The van der Waals surface area contributed by atoms with E-state index in [4.69, 9.17) is 4.52 Å². The molecule has 2 aromatic carbocycles. The van der Waals surface area contributed by atoms with Crippen molar-refractivity contribution in [2.45, 2.75) is 26.8 Å². The number of amides is 3. The highest BCUT2D eigenvalue weighted by atomic mass is 16.5. The molecule has 0 bridgehead atoms. The highest BCUT2D eigenvalue weighted by Gasteiger charge is 2.21. The lowest BCUT2D eigenvalue weighted by Crippen LogP contribution is -2.34. The summed E-state index contributed by atoms with van der Waals surface area (Å²) in [5.74, 6) is 0.135. The van der Waals surface area contributed by atoms with Crippen molar-refractivity contribution < 1.29 is 14.1 Å². The Morgan fingerprint density at radius 2 is 1.54 bits per heavy atom. The van der Waals surface area contributed by atoms with Crippen LogP contribution in [0.25, 0.3) is 11.3 Å². The minimum absolute atomic E-state index is 0.0455. The standard InChI is InChI=1S/C21H22N4O3/c1-13(2)22-21(27)24-17-11-9-16(10-12-17)23-20(26)18-14(3)28-25-19(18)15-7-5-4-6-8-15/h4-13H,1-3H3,(H,23,26)(H2,22,24,27). The largest absolute Gasteiger partial charge is 0.360 e. The number of nitrogens with one attached hydrogen (secondary N) is 3. The van der Waals surface area contributed by atoms with E-state index in [1.807, 2.05) is 44.2 Å². The predicted octanol–water partition coefficient (Wildman–Crippen LogP) is 4.43. The van der Waals surface area contributed by atoms with Gasteiger partial charge in [0.2, 0.25) is 0 Å². The van der Waals surface area contributed by atoms with E-state index in [0.717, 1.165) is 5.56 Å². The quantitative estimate of drug-likeness (QED) is 0.612. The summed E-state index contributed by atoms with van der Waals surface area (Å²) in [7, 11) is 0. The molecule has 3 rings (SSSR count). The molecule has 3 amide bonds. The van der Waals surface area contributed by atoms with Crippen molar-refractivity contribution in [2.24, 2.45) is 0 Å². The molecular formula is C21H22N4O3. The van der Waals surface area contributed by atoms with Crippen LogP contribution >= 0.6 is 0 Å². The topological polar surface area (TPSA) is 96.3 Å². The van der Waals surface area contributed by atoms with Crippen molar-refractivity contribution in [2.75, 3.05) is 10.6 Å². The van der Waals surface area contributed by atoms with Crippen LogP contribution in [0.15, 0.2) is 59.1 Å². The van der Waals surface area contributed by atoms with Crippen LogP contribution in [0.2, 0.25) is 0 Å². The zero-order chi connectivity index (χ0) is 20.1. The fourth-order valence-electron chi connectivity index (χ4n) is 2.69. The predicted molar refractivity (Wildman–Crippen MR) is 108 cm³/mol. The highest BCUT2D eigenvalue weighted by molar-refractivity contribution is 6.08. The molecule has 3 N–H and O–H groups in total. The molecule has 0 aliphatic rings. The van der Waals surface area contributed by atoms with Crippen LogP contribution in [0.4, 0.5) is 16.2 Å². The average Bonchev–Trinajstić information content (AvgIpc) is 3.05. The van der Waals surface area contributed by atoms with Gasteiger partial charge in [0.05, 0.1) is 0 Å². The molecular weight excluding hydrogens is 356 g/mol. The number of rotatable bonds is 5. The number of nitrogens with zero attached hydrogens (tertiary/aromatic N) is 1. The fourth-order valence-corrected chi connectivity index (χ4v) is 2.69. The molecule has 1 aromatic heterocycles. The van der Waals surface area contributed by atoms with E-state index in [1.165, 1.54) is 0 Å². The molecule has 7 heteroatoms. The van der Waals surface area contributed by atoms with Gasteiger partial charge >= 0.3 is 6.03 Å². The van der Waals surface area contributed by atoms with E-state index in [1.54, 1.807) is 31.2 Å². The van der Waals surface area contributed by atoms with E-state index >= 15 is 0 Å². The summed E-state index contributed by atoms with van der Waals surface area (Å²) in [4.78, 5) is 24.5. The monoisotopic (exact) mass is 378 g/mol. The summed E-state index contributed by atoms with van der Waals surface area (Å²) in [6, 6.07) is 16.0. The number of aryl methyl sites for hydroxylation is 1. The molecule has 7 nitrogen and oxygen atoms in total. The lowest BCUT2D eigenvalue weighted by Gasteiger charge is -2.11.